The van der Waals surface area contributed by atoms with Crippen molar-refractivity contribution in [3.8, 4) is 11.4 Å². The number of ether oxygens (including phenoxy) is 1. The molecule has 2 aromatic heterocycles. The molecule has 12 heteroatoms. The zero-order chi connectivity index (χ0) is 22.7. The maximum Gasteiger partial charge on any atom is 0.271 e. The third-order valence-corrected chi connectivity index (χ3v) is 6.29. The molecule has 168 valence electrons. The number of amides is 1. The number of carbonyl (C=O) groups is 1. The number of aryl methyl sites for hydroxylation is 1. The van der Waals surface area contributed by atoms with Crippen LogP contribution in [0.5, 0.6) is 0 Å². The summed E-state index contributed by atoms with van der Waals surface area (Å²) in [7, 11) is 0. The normalized spacial score (nSPS) is 15.8. The van der Waals surface area contributed by atoms with Crippen molar-refractivity contribution in [3.63, 3.8) is 0 Å². The number of nitrogens with zero attached hydrogens (tertiary/aromatic N) is 4. The molecule has 0 spiro atoms. The van der Waals surface area contributed by atoms with E-state index in [1.165, 1.54) is 30.0 Å². The Bertz CT molecular complexity index is 1140. The van der Waals surface area contributed by atoms with Crippen molar-refractivity contribution in [2.45, 2.75) is 37.6 Å². The average Bonchev–Trinajstić information content (AvgIpc) is 3.50. The highest BCUT2D eigenvalue weighted by molar-refractivity contribution is 7.99. The van der Waals surface area contributed by atoms with Crippen LogP contribution < -0.4 is 5.32 Å². The van der Waals surface area contributed by atoms with Gasteiger partial charge in [-0.2, -0.15) is 0 Å². The van der Waals surface area contributed by atoms with E-state index in [0.29, 0.717) is 17.5 Å². The number of anilines is 1. The van der Waals surface area contributed by atoms with Gasteiger partial charge in [-0.3, -0.25) is 19.5 Å². The molecule has 32 heavy (non-hydrogen) atoms. The third-order valence-electron chi connectivity index (χ3n) is 4.99. The standard InChI is InChI=1S/C20H20ClN5O5S/c1-12-15(6-8-30-12)19-23-24-20(25(19)10-14-3-2-7-31-14)32-11-18(27)22-17-9-13(26(28)29)4-5-16(17)21/h4-6,8-9,14H,2-3,7,10-11H2,1H3,(H,22,27). The summed E-state index contributed by atoms with van der Waals surface area (Å²) >= 11 is 7.28. The Morgan fingerprint density at radius 1 is 1.41 bits per heavy atom. The molecule has 0 aliphatic carbocycles. The van der Waals surface area contributed by atoms with Gasteiger partial charge in [-0.1, -0.05) is 23.4 Å². The quantitative estimate of drug-likeness (QED) is 0.289. The lowest BCUT2D eigenvalue weighted by Crippen LogP contribution is -2.18. The molecule has 1 aliphatic rings. The van der Waals surface area contributed by atoms with Crippen molar-refractivity contribution >= 4 is 40.6 Å². The number of rotatable bonds is 8. The van der Waals surface area contributed by atoms with Crippen molar-refractivity contribution in [3.05, 3.63) is 51.4 Å². The lowest BCUT2D eigenvalue weighted by Gasteiger charge is -2.14. The number of hydrogen-bond acceptors (Lipinski definition) is 8. The number of carbonyl (C=O) groups excluding carboxylic acids is 1. The molecule has 1 fully saturated rings. The molecule has 1 atom stereocenters. The Labute approximate surface area is 192 Å². The predicted octanol–water partition coefficient (Wildman–Crippen LogP) is 4.32. The molecular formula is C20H20ClN5O5S. The Morgan fingerprint density at radius 2 is 2.25 bits per heavy atom. The van der Waals surface area contributed by atoms with Crippen LogP contribution in [0.4, 0.5) is 11.4 Å². The third kappa shape index (κ3) is 4.95. The molecule has 1 amide bonds. The first-order chi connectivity index (χ1) is 15.4. The minimum atomic E-state index is -0.548. The van der Waals surface area contributed by atoms with E-state index >= 15 is 0 Å². The lowest BCUT2D eigenvalue weighted by atomic mass is 10.2. The Hall–Kier alpha value is -2.89. The van der Waals surface area contributed by atoms with E-state index in [0.717, 1.165) is 30.8 Å². The predicted molar refractivity (Wildman–Crippen MR) is 119 cm³/mol. The maximum atomic E-state index is 12.5. The van der Waals surface area contributed by atoms with Crippen molar-refractivity contribution in [1.29, 1.82) is 0 Å². The van der Waals surface area contributed by atoms with Gasteiger partial charge in [0, 0.05) is 18.7 Å². The zero-order valence-electron chi connectivity index (χ0n) is 17.1. The van der Waals surface area contributed by atoms with Gasteiger partial charge in [-0.25, -0.2) is 0 Å². The Balaban J connectivity index is 1.50. The maximum absolute atomic E-state index is 12.5. The van der Waals surface area contributed by atoms with Gasteiger partial charge in [0.25, 0.3) is 5.69 Å². The number of benzene rings is 1. The number of hydrogen-bond donors (Lipinski definition) is 1. The van der Waals surface area contributed by atoms with Crippen LogP contribution in [0.25, 0.3) is 11.4 Å². The Kier molecular flexibility index (Phi) is 6.77. The molecule has 1 aromatic carbocycles. The second-order valence-electron chi connectivity index (χ2n) is 7.20. The summed E-state index contributed by atoms with van der Waals surface area (Å²) in [5, 5.41) is 23.0. The second-order valence-corrected chi connectivity index (χ2v) is 8.55. The molecule has 1 saturated heterocycles. The fraction of sp³-hybridized carbons (Fsp3) is 0.350. The minimum Gasteiger partial charge on any atom is -0.469 e. The van der Waals surface area contributed by atoms with E-state index in [-0.39, 0.29) is 34.2 Å². The summed E-state index contributed by atoms with van der Waals surface area (Å²) in [6.45, 7) is 3.14. The molecular weight excluding hydrogens is 458 g/mol. The second kappa shape index (κ2) is 9.72. The summed E-state index contributed by atoms with van der Waals surface area (Å²) in [5.74, 6) is 1.02. The molecule has 0 saturated carbocycles. The van der Waals surface area contributed by atoms with Gasteiger partial charge in [-0.05, 0) is 31.9 Å². The monoisotopic (exact) mass is 477 g/mol. The van der Waals surface area contributed by atoms with Crippen LogP contribution >= 0.6 is 23.4 Å². The SMILES string of the molecule is Cc1occc1-c1nnc(SCC(=O)Nc2cc([N+](=O)[O-])ccc2Cl)n1CC1CCCO1. The van der Waals surface area contributed by atoms with Crippen LogP contribution in [-0.2, 0) is 16.1 Å². The molecule has 1 aliphatic heterocycles. The fourth-order valence-electron chi connectivity index (χ4n) is 3.41. The van der Waals surface area contributed by atoms with Crippen molar-refractivity contribution in [2.75, 3.05) is 17.7 Å². The number of halogens is 1. The highest BCUT2D eigenvalue weighted by Gasteiger charge is 2.23. The number of furan rings is 1. The van der Waals surface area contributed by atoms with E-state index in [1.807, 2.05) is 17.6 Å². The van der Waals surface area contributed by atoms with E-state index < -0.39 is 4.92 Å². The number of nitro groups is 1. The summed E-state index contributed by atoms with van der Waals surface area (Å²) in [6, 6.07) is 5.71. The number of nitro benzene ring substituents is 1. The molecule has 3 aromatic rings. The average molecular weight is 478 g/mol. The smallest absolute Gasteiger partial charge is 0.271 e. The summed E-state index contributed by atoms with van der Waals surface area (Å²) in [4.78, 5) is 22.9. The molecule has 3 heterocycles. The highest BCUT2D eigenvalue weighted by Crippen LogP contribution is 2.30. The number of thioether (sulfide) groups is 1. The fourth-order valence-corrected chi connectivity index (χ4v) is 4.32. The molecule has 0 radical (unpaired) electrons. The Morgan fingerprint density at radius 3 is 2.94 bits per heavy atom. The molecule has 1 unspecified atom stereocenters. The first-order valence-corrected chi connectivity index (χ1v) is 11.2. The van der Waals surface area contributed by atoms with Crippen molar-refractivity contribution < 1.29 is 18.9 Å². The highest BCUT2D eigenvalue weighted by atomic mass is 35.5. The summed E-state index contributed by atoms with van der Waals surface area (Å²) in [6.07, 6.45) is 3.59. The molecule has 1 N–H and O–H groups in total. The van der Waals surface area contributed by atoms with Crippen LogP contribution in [0.2, 0.25) is 5.02 Å². The first kappa shape index (κ1) is 22.3. The van der Waals surface area contributed by atoms with Crippen LogP contribution in [-0.4, -0.2) is 44.1 Å². The lowest BCUT2D eigenvalue weighted by molar-refractivity contribution is -0.384. The first-order valence-electron chi connectivity index (χ1n) is 9.88. The van der Waals surface area contributed by atoms with E-state index in [9.17, 15) is 14.9 Å². The van der Waals surface area contributed by atoms with E-state index in [2.05, 4.69) is 15.5 Å². The topological polar surface area (TPSA) is 125 Å². The number of aromatic nitrogens is 3. The molecule has 4 rings (SSSR count). The van der Waals surface area contributed by atoms with Gasteiger partial charge in [0.1, 0.15) is 5.76 Å². The van der Waals surface area contributed by atoms with Crippen LogP contribution in [0.15, 0.2) is 40.1 Å². The van der Waals surface area contributed by atoms with Crippen LogP contribution in [0, 0.1) is 17.0 Å². The van der Waals surface area contributed by atoms with E-state index in [1.54, 1.807) is 6.26 Å². The largest absolute Gasteiger partial charge is 0.469 e. The van der Waals surface area contributed by atoms with Gasteiger partial charge < -0.3 is 14.5 Å². The number of non-ortho nitro benzene ring substituents is 1. The van der Waals surface area contributed by atoms with E-state index in [4.69, 9.17) is 20.8 Å². The summed E-state index contributed by atoms with van der Waals surface area (Å²) in [5.41, 5.74) is 0.853. The van der Waals surface area contributed by atoms with Crippen LogP contribution in [0.1, 0.15) is 18.6 Å². The van der Waals surface area contributed by atoms with Crippen molar-refractivity contribution in [2.24, 2.45) is 0 Å². The van der Waals surface area contributed by atoms with Gasteiger partial charge in [-0.15, -0.1) is 10.2 Å². The molecule has 10 nitrogen and oxygen atoms in total. The van der Waals surface area contributed by atoms with Gasteiger partial charge in [0.2, 0.25) is 5.91 Å². The van der Waals surface area contributed by atoms with Gasteiger partial charge in [0.15, 0.2) is 11.0 Å². The van der Waals surface area contributed by atoms with Crippen molar-refractivity contribution in [1.82, 2.24) is 14.8 Å². The van der Waals surface area contributed by atoms with Gasteiger partial charge in [0.05, 0.1) is 45.9 Å². The molecule has 0 bridgehead atoms. The van der Waals surface area contributed by atoms with Gasteiger partial charge >= 0.3 is 0 Å². The summed E-state index contributed by atoms with van der Waals surface area (Å²) < 4.78 is 13.1. The minimum absolute atomic E-state index is 0.0209. The van der Waals surface area contributed by atoms with Crippen LogP contribution in [0.3, 0.4) is 0 Å². The number of nitrogens with one attached hydrogen (secondary N) is 1. The zero-order valence-corrected chi connectivity index (χ0v) is 18.7.